The number of fused-ring (bicyclic) bond motifs is 2. The zero-order valence-electron chi connectivity index (χ0n) is 31.2. The second-order valence-corrected chi connectivity index (χ2v) is 15.1. The number of piperazine rings is 1. The summed E-state index contributed by atoms with van der Waals surface area (Å²) in [6.07, 6.45) is 6.07. The maximum atomic E-state index is 14.7. The number of allylic oxidation sites excluding steroid dienone is 1. The van der Waals surface area contributed by atoms with Crippen LogP contribution in [-0.4, -0.2) is 84.7 Å². The molecule has 3 fully saturated rings. The van der Waals surface area contributed by atoms with E-state index in [1.807, 2.05) is 59.3 Å². The third-order valence-corrected chi connectivity index (χ3v) is 10.6. The van der Waals surface area contributed by atoms with Crippen LogP contribution < -0.4 is 44.3 Å². The molecule has 3 heterocycles. The Morgan fingerprint density at radius 1 is 0.964 bits per heavy atom. The number of Topliss-reactive ketones (excluding diaryl/α,β-unsaturated/α-hetero) is 1. The van der Waals surface area contributed by atoms with E-state index in [1.54, 1.807) is 34.2 Å². The van der Waals surface area contributed by atoms with Gasteiger partial charge in [0.15, 0.2) is 5.78 Å². The first-order chi connectivity index (χ1) is 26.5. The van der Waals surface area contributed by atoms with E-state index in [0.29, 0.717) is 17.7 Å². The van der Waals surface area contributed by atoms with E-state index in [9.17, 15) is 28.6 Å². The van der Waals surface area contributed by atoms with Crippen molar-refractivity contribution in [1.29, 1.82) is 0 Å². The van der Waals surface area contributed by atoms with Crippen LogP contribution in [0.5, 0.6) is 5.75 Å². The van der Waals surface area contributed by atoms with E-state index in [0.717, 1.165) is 34.9 Å². The Kier molecular flexibility index (Phi) is 12.7. The van der Waals surface area contributed by atoms with Crippen molar-refractivity contribution in [3.8, 4) is 5.75 Å². The topological polar surface area (TPSA) is 168 Å². The van der Waals surface area contributed by atoms with Crippen LogP contribution in [0.3, 0.4) is 0 Å². The summed E-state index contributed by atoms with van der Waals surface area (Å²) in [6.45, 7) is 8.55. The number of phosphoric ester groups is 1. The molecule has 286 valence electrons. The summed E-state index contributed by atoms with van der Waals surface area (Å²) in [4.78, 5) is 79.9. The van der Waals surface area contributed by atoms with Crippen LogP contribution in [-0.2, 0) is 40.2 Å². The molecule has 0 bridgehead atoms. The van der Waals surface area contributed by atoms with Gasteiger partial charge in [-0.05, 0) is 41.7 Å². The number of nitrogens with zero attached hydrogens (tertiary/aromatic N) is 5. The minimum atomic E-state index is -5.05. The molecule has 4 amide bonds. The predicted molar refractivity (Wildman–Crippen MR) is 202 cm³/mol. The molecule has 2 aliphatic heterocycles. The van der Waals surface area contributed by atoms with Crippen LogP contribution in [0, 0.1) is 5.92 Å². The van der Waals surface area contributed by atoms with Gasteiger partial charge in [0.2, 0.25) is 11.8 Å². The summed E-state index contributed by atoms with van der Waals surface area (Å²) >= 11 is 0. The number of hydrazine groups is 1. The van der Waals surface area contributed by atoms with Gasteiger partial charge in [-0.2, -0.15) is 0 Å². The molecule has 1 unspecified atom stereocenters. The summed E-state index contributed by atoms with van der Waals surface area (Å²) in [6, 6.07) is 19.4. The van der Waals surface area contributed by atoms with Crippen molar-refractivity contribution in [3.63, 3.8) is 0 Å². The van der Waals surface area contributed by atoms with E-state index in [-0.39, 0.29) is 98.0 Å². The van der Waals surface area contributed by atoms with Crippen LogP contribution in [0.15, 0.2) is 104 Å². The number of nitrogens with one attached hydrogen (secondary N) is 1. The van der Waals surface area contributed by atoms with Gasteiger partial charge in [0.1, 0.15) is 18.0 Å². The molecule has 3 aliphatic rings. The molecule has 2 saturated heterocycles. The number of amides is 4. The number of benzene rings is 3. The van der Waals surface area contributed by atoms with Gasteiger partial charge < -0.3 is 34.0 Å². The van der Waals surface area contributed by atoms with Gasteiger partial charge in [0.25, 0.3) is 0 Å². The molecule has 1 aromatic heterocycles. The summed E-state index contributed by atoms with van der Waals surface area (Å²) in [5.74, 6) is -0.709. The zero-order valence-corrected chi connectivity index (χ0v) is 34.1. The first-order valence-electron chi connectivity index (χ1n) is 18.1. The average molecular weight is 789 g/mol. The summed E-state index contributed by atoms with van der Waals surface area (Å²) < 4.78 is 17.9. The zero-order chi connectivity index (χ0) is 38.9. The standard InChI is InChI=1S/C40H43N6O8P.Na/c1-3-19-42-24-33(38(48)29-15-16-29)32-12-8-11-30(37(32)42)23-43-25-35-45(34(39(43)49)21-27-13-17-31(18-14-27)54-55(51,52)53)36(47)26-44(20-4-2)46(35)40(50)41-22-28-9-6-5-7-10-28;/h3-14,17-18,24,29,34-35H,1-2,15-16,19-23,25-26H2,(H,41,50)(H2,51,52,53);/q;+1/p-1/t34-,35-;/m0./s1. The van der Waals surface area contributed by atoms with Crippen molar-refractivity contribution in [2.45, 2.75) is 51.1 Å². The second-order valence-electron chi connectivity index (χ2n) is 14.0. The van der Waals surface area contributed by atoms with Crippen molar-refractivity contribution in [1.82, 2.24) is 29.7 Å². The van der Waals surface area contributed by atoms with Gasteiger partial charge in [0, 0.05) is 55.7 Å². The largest absolute Gasteiger partial charge is 1.00 e. The van der Waals surface area contributed by atoms with Gasteiger partial charge in [-0.25, -0.2) is 14.8 Å². The molecule has 14 nitrogen and oxygen atoms in total. The number of hydrogen-bond donors (Lipinski definition) is 2. The fraction of sp³-hybridized carbons (Fsp3) is 0.300. The molecule has 2 N–H and O–H groups in total. The summed E-state index contributed by atoms with van der Waals surface area (Å²) in [5.41, 5.74) is 3.69. The van der Waals surface area contributed by atoms with E-state index in [1.165, 1.54) is 22.0 Å². The fourth-order valence-corrected chi connectivity index (χ4v) is 7.95. The molecule has 0 radical (unpaired) electrons. The van der Waals surface area contributed by atoms with Crippen molar-refractivity contribution >= 4 is 42.4 Å². The van der Waals surface area contributed by atoms with Gasteiger partial charge in [-0.1, -0.05) is 72.8 Å². The van der Waals surface area contributed by atoms with E-state index < -0.39 is 26.1 Å². The van der Waals surface area contributed by atoms with Gasteiger partial charge >= 0.3 is 43.4 Å². The molecular formula is C40H42N6NaO8P. The van der Waals surface area contributed by atoms with Crippen molar-refractivity contribution in [2.24, 2.45) is 5.92 Å². The number of carbonyl (C=O) groups excluding carboxylic acids is 4. The van der Waals surface area contributed by atoms with Crippen molar-refractivity contribution < 1.29 is 67.6 Å². The third-order valence-electron chi connectivity index (χ3n) is 10.1. The number of carbonyl (C=O) groups is 4. The van der Waals surface area contributed by atoms with E-state index in [4.69, 9.17) is 4.89 Å². The molecule has 1 saturated carbocycles. The SMILES string of the molecule is C=CCN1CC(=O)N2[C@@H](Cc3ccc(OP(=O)([O-])O)cc3)C(=O)N(Cc3cccc4c(C(=O)C5CC5)cn(CC=C)c34)C[C@@H]2N1C(=O)NCc1ccccc1.[Na+]. The van der Waals surface area contributed by atoms with Gasteiger partial charge in [0.05, 0.1) is 18.6 Å². The van der Waals surface area contributed by atoms with Crippen molar-refractivity contribution in [3.05, 3.63) is 127 Å². The average Bonchev–Trinajstić information content (AvgIpc) is 3.94. The molecule has 16 heteroatoms. The Morgan fingerprint density at radius 3 is 2.34 bits per heavy atom. The number of phosphoric acid groups is 1. The third kappa shape index (κ3) is 8.87. The van der Waals surface area contributed by atoms with E-state index >= 15 is 0 Å². The molecule has 7 rings (SSSR count). The molecule has 0 spiro atoms. The molecule has 1 aliphatic carbocycles. The van der Waals surface area contributed by atoms with Gasteiger partial charge in [-0.15, -0.1) is 13.2 Å². The smallest absolute Gasteiger partial charge is 0.746 e. The Labute approximate surface area is 346 Å². The molecular weight excluding hydrogens is 746 g/mol. The normalized spacial score (nSPS) is 19.5. The van der Waals surface area contributed by atoms with Crippen LogP contribution in [0.2, 0.25) is 0 Å². The van der Waals surface area contributed by atoms with Crippen molar-refractivity contribution in [2.75, 3.05) is 19.6 Å². The monoisotopic (exact) mass is 788 g/mol. The molecule has 4 aromatic rings. The van der Waals surface area contributed by atoms with Crippen LogP contribution in [0.4, 0.5) is 4.79 Å². The first kappa shape index (κ1) is 41.1. The Bertz CT molecular complexity index is 2190. The number of para-hydroxylation sites is 1. The summed E-state index contributed by atoms with van der Waals surface area (Å²) in [7, 11) is -5.05. The summed E-state index contributed by atoms with van der Waals surface area (Å²) in [5, 5.41) is 6.89. The Morgan fingerprint density at radius 2 is 1.68 bits per heavy atom. The fourth-order valence-electron chi connectivity index (χ4n) is 7.56. The Hall–Kier alpha value is -4.53. The quantitative estimate of drug-likeness (QED) is 0.0821. The number of hydrogen-bond acceptors (Lipinski definition) is 8. The van der Waals surface area contributed by atoms with Gasteiger partial charge in [-0.3, -0.25) is 18.9 Å². The minimum Gasteiger partial charge on any atom is -0.746 e. The first-order valence-corrected chi connectivity index (χ1v) is 19.6. The number of urea groups is 1. The molecule has 56 heavy (non-hydrogen) atoms. The minimum absolute atomic E-state index is 0. The maximum Gasteiger partial charge on any atom is 1.00 e. The van der Waals surface area contributed by atoms with Crippen LogP contribution >= 0.6 is 7.82 Å². The van der Waals surface area contributed by atoms with Crippen LogP contribution in [0.1, 0.15) is 39.9 Å². The maximum absolute atomic E-state index is 14.7. The Balaban J connectivity index is 0.00000532. The number of rotatable bonds is 14. The predicted octanol–water partition coefficient (Wildman–Crippen LogP) is 1.00. The van der Waals surface area contributed by atoms with Crippen LogP contribution in [0.25, 0.3) is 10.9 Å². The van der Waals surface area contributed by atoms with E-state index in [2.05, 4.69) is 23.0 Å². The second kappa shape index (κ2) is 17.3. The molecule has 3 atom stereocenters. The number of ketones is 1. The molecule has 3 aromatic carbocycles. The number of aromatic nitrogens is 1.